The molecule has 9 nitrogen and oxygen atoms in total. The summed E-state index contributed by atoms with van der Waals surface area (Å²) in [5.41, 5.74) is 5.39. The molecule has 80 heavy (non-hydrogen) atoms. The molecule has 0 heterocycles. The molecule has 0 saturated carbocycles. The number of phosphoric ester groups is 1. The first-order valence-corrected chi connectivity index (χ1v) is 33.7. The number of phosphoric acid groups is 1. The number of esters is 2. The molecule has 0 amide bonds. The standard InChI is InChI=1S/C70H118NO8P/c1-3-5-7-9-11-13-15-17-19-21-23-24-25-26-27-28-29-30-31-32-33-34-35-36-37-38-39-40-41-42-43-44-45-47-49-51-53-55-57-59-61-63-70(73)79-68(67-78-80(74,75)77-65-64-71)66-76-69(72)62-60-58-56-54-52-50-48-46-22-20-18-16-14-12-10-8-6-4-2/h5,7,11,13,17,19,23-24,26-27,29-30,32-33,35-36,38-39,41-42,44-45,68H,3-4,6,8-10,12,14-16,18,20-22,25,28,31,34,37,40,43,46-67,71H2,1-2H3,(H,74,75)/b7-5-,13-11-,19-17-,24-23-,27-26-,30-29-,33-32-,36-35-,39-38-,42-41-,45-44-. The molecule has 0 aromatic rings. The molecule has 2 atom stereocenters. The third-order valence-corrected chi connectivity index (χ3v) is 14.3. The average molecular weight is 1130 g/mol. The van der Waals surface area contributed by atoms with E-state index in [0.29, 0.717) is 6.42 Å². The van der Waals surface area contributed by atoms with Crippen molar-refractivity contribution in [3.63, 3.8) is 0 Å². The highest BCUT2D eigenvalue weighted by Crippen LogP contribution is 2.43. The number of carbonyl (C=O) groups excluding carboxylic acids is 2. The quantitative estimate of drug-likeness (QED) is 0.0264. The lowest BCUT2D eigenvalue weighted by Gasteiger charge is -2.19. The number of hydrogen-bond acceptors (Lipinski definition) is 8. The van der Waals surface area contributed by atoms with Gasteiger partial charge in [-0.1, -0.05) is 289 Å². The van der Waals surface area contributed by atoms with Crippen LogP contribution in [0.25, 0.3) is 0 Å². The van der Waals surface area contributed by atoms with E-state index in [0.717, 1.165) is 116 Å². The Morgan fingerprint density at radius 3 is 1.02 bits per heavy atom. The van der Waals surface area contributed by atoms with E-state index in [9.17, 15) is 19.0 Å². The molecule has 0 rings (SSSR count). The van der Waals surface area contributed by atoms with E-state index in [1.165, 1.54) is 116 Å². The normalized spacial score (nSPS) is 13.9. The summed E-state index contributed by atoms with van der Waals surface area (Å²) < 4.78 is 33.1. The Hall–Kier alpha value is -3.85. The molecule has 0 aliphatic rings. The number of ether oxygens (including phenoxy) is 2. The van der Waals surface area contributed by atoms with Crippen LogP contribution < -0.4 is 5.73 Å². The van der Waals surface area contributed by atoms with Crippen LogP contribution in [0.1, 0.15) is 264 Å². The highest BCUT2D eigenvalue weighted by molar-refractivity contribution is 7.47. The molecule has 0 fully saturated rings. The van der Waals surface area contributed by atoms with E-state index in [-0.39, 0.29) is 38.6 Å². The molecule has 0 aliphatic heterocycles. The molecule has 456 valence electrons. The van der Waals surface area contributed by atoms with Gasteiger partial charge < -0.3 is 20.1 Å². The number of allylic oxidation sites excluding steroid dienone is 22. The van der Waals surface area contributed by atoms with Gasteiger partial charge in [0, 0.05) is 19.4 Å². The maximum absolute atomic E-state index is 12.7. The predicted molar refractivity (Wildman–Crippen MR) is 344 cm³/mol. The Labute approximate surface area is 491 Å². The highest BCUT2D eigenvalue weighted by atomic mass is 31.2. The van der Waals surface area contributed by atoms with Crippen molar-refractivity contribution >= 4 is 19.8 Å². The Morgan fingerprint density at radius 2 is 0.688 bits per heavy atom. The monoisotopic (exact) mass is 1130 g/mol. The summed E-state index contributed by atoms with van der Waals surface area (Å²) in [6, 6.07) is 0. The van der Waals surface area contributed by atoms with Crippen molar-refractivity contribution in [2.75, 3.05) is 26.4 Å². The molecule has 0 bridgehead atoms. The van der Waals surface area contributed by atoms with Crippen LogP contribution in [0.4, 0.5) is 0 Å². The fourth-order valence-electron chi connectivity index (χ4n) is 8.58. The zero-order valence-electron chi connectivity index (χ0n) is 51.0. The van der Waals surface area contributed by atoms with Crippen molar-refractivity contribution in [3.05, 3.63) is 134 Å². The number of nitrogens with two attached hydrogens (primary N) is 1. The second kappa shape index (κ2) is 64.3. The second-order valence-corrected chi connectivity index (χ2v) is 22.4. The van der Waals surface area contributed by atoms with Crippen molar-refractivity contribution in [1.82, 2.24) is 0 Å². The second-order valence-electron chi connectivity index (χ2n) is 20.9. The Kier molecular flexibility index (Phi) is 61.2. The maximum Gasteiger partial charge on any atom is 0.472 e. The minimum Gasteiger partial charge on any atom is -0.462 e. The van der Waals surface area contributed by atoms with Gasteiger partial charge in [0.15, 0.2) is 6.10 Å². The first-order chi connectivity index (χ1) is 39.3. The van der Waals surface area contributed by atoms with Crippen molar-refractivity contribution in [1.29, 1.82) is 0 Å². The number of carbonyl (C=O) groups is 2. The zero-order chi connectivity index (χ0) is 58.0. The molecule has 10 heteroatoms. The van der Waals surface area contributed by atoms with Crippen molar-refractivity contribution in [2.45, 2.75) is 270 Å². The van der Waals surface area contributed by atoms with Gasteiger partial charge in [-0.05, 0) is 96.3 Å². The van der Waals surface area contributed by atoms with Crippen LogP contribution in [0.3, 0.4) is 0 Å². The molecular formula is C70H118NO8P. The van der Waals surface area contributed by atoms with Crippen LogP contribution in [0.15, 0.2) is 134 Å². The average Bonchev–Trinajstić information content (AvgIpc) is 3.45. The van der Waals surface area contributed by atoms with Crippen molar-refractivity contribution in [3.8, 4) is 0 Å². The van der Waals surface area contributed by atoms with Gasteiger partial charge in [-0.3, -0.25) is 18.6 Å². The van der Waals surface area contributed by atoms with Crippen LogP contribution in [0.2, 0.25) is 0 Å². The molecular weight excluding hydrogens is 1010 g/mol. The van der Waals surface area contributed by atoms with E-state index >= 15 is 0 Å². The van der Waals surface area contributed by atoms with E-state index in [1.807, 2.05) is 0 Å². The van der Waals surface area contributed by atoms with Crippen LogP contribution in [0.5, 0.6) is 0 Å². The van der Waals surface area contributed by atoms with Gasteiger partial charge in [0.05, 0.1) is 13.2 Å². The minimum absolute atomic E-state index is 0.0468. The van der Waals surface area contributed by atoms with Crippen molar-refractivity contribution < 1.29 is 37.6 Å². The number of hydrogen-bond donors (Lipinski definition) is 2. The number of unbranched alkanes of at least 4 members (excludes halogenated alkanes) is 24. The molecule has 0 radical (unpaired) electrons. The third-order valence-electron chi connectivity index (χ3n) is 13.3. The number of rotatable bonds is 59. The van der Waals surface area contributed by atoms with Gasteiger partial charge in [-0.2, -0.15) is 0 Å². The van der Waals surface area contributed by atoms with Crippen LogP contribution in [0, 0.1) is 0 Å². The van der Waals surface area contributed by atoms with E-state index in [1.54, 1.807) is 0 Å². The third kappa shape index (κ3) is 63.3. The summed E-state index contributed by atoms with van der Waals surface area (Å²) in [6.07, 6.45) is 90.9. The lowest BCUT2D eigenvalue weighted by Crippen LogP contribution is -2.29. The first kappa shape index (κ1) is 76.1. The molecule has 0 aliphatic carbocycles. The Balaban J connectivity index is 3.99. The Morgan fingerprint density at radius 1 is 0.388 bits per heavy atom. The largest absolute Gasteiger partial charge is 0.472 e. The van der Waals surface area contributed by atoms with E-state index in [2.05, 4.69) is 148 Å². The lowest BCUT2D eigenvalue weighted by molar-refractivity contribution is -0.161. The minimum atomic E-state index is -4.40. The maximum atomic E-state index is 12.7. The van der Waals surface area contributed by atoms with Gasteiger partial charge in [0.2, 0.25) is 0 Å². The van der Waals surface area contributed by atoms with Gasteiger partial charge in [-0.25, -0.2) is 4.57 Å². The first-order valence-electron chi connectivity index (χ1n) is 32.2. The summed E-state index contributed by atoms with van der Waals surface area (Å²) in [5, 5.41) is 0. The summed E-state index contributed by atoms with van der Waals surface area (Å²) >= 11 is 0. The summed E-state index contributed by atoms with van der Waals surface area (Å²) in [7, 11) is -4.40. The van der Waals surface area contributed by atoms with Gasteiger partial charge in [0.25, 0.3) is 0 Å². The molecule has 0 aromatic carbocycles. The van der Waals surface area contributed by atoms with Crippen LogP contribution >= 0.6 is 7.82 Å². The molecule has 3 N–H and O–H groups in total. The SMILES string of the molecule is CC/C=C\C/C=C\C/C=C\C/C=C\C/C=C\C/C=C\C/C=C\C/C=C\C/C=C\C/C=C\C/C=C\CCCCCCCCCC(=O)OC(COC(=O)CCCCCCCCCCCCCCCCCCCC)COP(=O)(O)OCCN. The topological polar surface area (TPSA) is 134 Å². The molecule has 0 saturated heterocycles. The fourth-order valence-corrected chi connectivity index (χ4v) is 9.35. The molecule has 0 aromatic heterocycles. The van der Waals surface area contributed by atoms with Crippen molar-refractivity contribution in [2.24, 2.45) is 5.73 Å². The summed E-state index contributed by atoms with van der Waals surface area (Å²) in [4.78, 5) is 35.2. The smallest absolute Gasteiger partial charge is 0.462 e. The highest BCUT2D eigenvalue weighted by Gasteiger charge is 2.26. The van der Waals surface area contributed by atoms with Gasteiger partial charge in [-0.15, -0.1) is 0 Å². The lowest BCUT2D eigenvalue weighted by atomic mass is 10.0. The van der Waals surface area contributed by atoms with Crippen LogP contribution in [-0.4, -0.2) is 49.3 Å². The Bertz CT molecular complexity index is 1770. The van der Waals surface area contributed by atoms with E-state index in [4.69, 9.17) is 24.3 Å². The predicted octanol–water partition coefficient (Wildman–Crippen LogP) is 20.9. The summed E-state index contributed by atoms with van der Waals surface area (Å²) in [5.74, 6) is -0.840. The fraction of sp³-hybridized carbons (Fsp3) is 0.657. The van der Waals surface area contributed by atoms with E-state index < -0.39 is 26.5 Å². The van der Waals surface area contributed by atoms with Crippen LogP contribution in [-0.2, 0) is 32.7 Å². The van der Waals surface area contributed by atoms with Gasteiger partial charge in [0.1, 0.15) is 6.61 Å². The summed E-state index contributed by atoms with van der Waals surface area (Å²) in [6.45, 7) is 3.63. The molecule has 2 unspecified atom stereocenters. The zero-order valence-corrected chi connectivity index (χ0v) is 51.9. The van der Waals surface area contributed by atoms with Gasteiger partial charge >= 0.3 is 19.8 Å². The molecule has 0 spiro atoms.